The Morgan fingerprint density at radius 1 is 1.64 bits per heavy atom. The molecular formula is C7H16N2O2. The van der Waals surface area contributed by atoms with E-state index in [1.165, 1.54) is 0 Å². The number of hydrogen-bond donors (Lipinski definition) is 3. The minimum atomic E-state index is -0.943. The Morgan fingerprint density at radius 2 is 2.27 bits per heavy atom. The van der Waals surface area contributed by atoms with E-state index in [1.54, 1.807) is 0 Å². The van der Waals surface area contributed by atoms with E-state index in [1.807, 2.05) is 14.0 Å². The van der Waals surface area contributed by atoms with Crippen LogP contribution in [0.25, 0.3) is 0 Å². The zero-order chi connectivity index (χ0) is 8.69. The molecule has 1 atom stereocenters. The lowest BCUT2D eigenvalue weighted by molar-refractivity contribution is 0.192. The van der Waals surface area contributed by atoms with Crippen molar-refractivity contribution in [2.24, 2.45) is 5.92 Å². The van der Waals surface area contributed by atoms with Gasteiger partial charge in [0.1, 0.15) is 0 Å². The number of carboxylic acid groups (broad SMARTS) is 1. The van der Waals surface area contributed by atoms with Crippen LogP contribution in [-0.4, -0.2) is 31.3 Å². The zero-order valence-corrected chi connectivity index (χ0v) is 7.05. The average molecular weight is 160 g/mol. The van der Waals surface area contributed by atoms with Crippen molar-refractivity contribution in [3.05, 3.63) is 0 Å². The van der Waals surface area contributed by atoms with Crippen molar-refractivity contribution < 1.29 is 9.90 Å². The second kappa shape index (κ2) is 5.97. The van der Waals surface area contributed by atoms with Gasteiger partial charge in [0.2, 0.25) is 0 Å². The summed E-state index contributed by atoms with van der Waals surface area (Å²) in [4.78, 5) is 10.1. The van der Waals surface area contributed by atoms with Crippen LogP contribution in [0.4, 0.5) is 4.79 Å². The molecule has 3 N–H and O–H groups in total. The first kappa shape index (κ1) is 10.2. The summed E-state index contributed by atoms with van der Waals surface area (Å²) in [6, 6.07) is 0. The van der Waals surface area contributed by atoms with Crippen LogP contribution in [0.1, 0.15) is 13.3 Å². The summed E-state index contributed by atoms with van der Waals surface area (Å²) in [7, 11) is 1.89. The Hall–Kier alpha value is -0.770. The molecule has 11 heavy (non-hydrogen) atoms. The lowest BCUT2D eigenvalue weighted by atomic mass is 10.1. The second-order valence-corrected chi connectivity index (χ2v) is 2.68. The van der Waals surface area contributed by atoms with Crippen molar-refractivity contribution in [3.63, 3.8) is 0 Å². The predicted molar refractivity (Wildman–Crippen MR) is 43.7 cm³/mol. The Labute approximate surface area is 67.0 Å². The monoisotopic (exact) mass is 160 g/mol. The quantitative estimate of drug-likeness (QED) is 0.549. The molecule has 0 aliphatic rings. The Kier molecular flexibility index (Phi) is 5.56. The van der Waals surface area contributed by atoms with Crippen LogP contribution in [0.5, 0.6) is 0 Å². The van der Waals surface area contributed by atoms with Gasteiger partial charge in [-0.25, -0.2) is 4.79 Å². The molecule has 0 aliphatic heterocycles. The summed E-state index contributed by atoms with van der Waals surface area (Å²) in [5.74, 6) is 0.401. The predicted octanol–water partition coefficient (Wildman–Crippen LogP) is 0.500. The average Bonchev–Trinajstić information content (AvgIpc) is 1.97. The summed E-state index contributed by atoms with van der Waals surface area (Å²) in [6.45, 7) is 3.49. The molecular weight excluding hydrogens is 144 g/mol. The Morgan fingerprint density at radius 3 is 2.73 bits per heavy atom. The van der Waals surface area contributed by atoms with E-state index in [0.29, 0.717) is 12.5 Å². The fraction of sp³-hybridized carbons (Fsp3) is 0.857. The van der Waals surface area contributed by atoms with Gasteiger partial charge in [0, 0.05) is 6.54 Å². The van der Waals surface area contributed by atoms with Crippen molar-refractivity contribution in [2.45, 2.75) is 13.3 Å². The molecule has 0 aromatic carbocycles. The van der Waals surface area contributed by atoms with E-state index in [2.05, 4.69) is 10.6 Å². The van der Waals surface area contributed by atoms with Crippen molar-refractivity contribution in [2.75, 3.05) is 20.1 Å². The minimum absolute atomic E-state index is 0.401. The van der Waals surface area contributed by atoms with E-state index < -0.39 is 6.09 Å². The van der Waals surface area contributed by atoms with Crippen molar-refractivity contribution in [1.29, 1.82) is 0 Å². The van der Waals surface area contributed by atoms with Gasteiger partial charge in [-0.05, 0) is 25.9 Å². The van der Waals surface area contributed by atoms with Crippen LogP contribution >= 0.6 is 0 Å². The summed E-state index contributed by atoms with van der Waals surface area (Å²) < 4.78 is 0. The number of hydrogen-bond acceptors (Lipinski definition) is 2. The molecule has 0 rings (SSSR count). The van der Waals surface area contributed by atoms with Crippen LogP contribution in [0.15, 0.2) is 0 Å². The first-order valence-corrected chi connectivity index (χ1v) is 3.78. The van der Waals surface area contributed by atoms with Gasteiger partial charge in [-0.1, -0.05) is 6.92 Å². The number of amides is 1. The first-order chi connectivity index (χ1) is 5.16. The van der Waals surface area contributed by atoms with Gasteiger partial charge in [-0.3, -0.25) is 0 Å². The van der Waals surface area contributed by atoms with E-state index >= 15 is 0 Å². The van der Waals surface area contributed by atoms with Crippen LogP contribution in [0.3, 0.4) is 0 Å². The van der Waals surface area contributed by atoms with Crippen molar-refractivity contribution in [3.8, 4) is 0 Å². The van der Waals surface area contributed by atoms with E-state index in [9.17, 15) is 4.79 Å². The maximum Gasteiger partial charge on any atom is 0.404 e. The molecule has 0 aromatic heterocycles. The highest BCUT2D eigenvalue weighted by molar-refractivity contribution is 5.64. The highest BCUT2D eigenvalue weighted by Gasteiger charge is 2.01. The smallest absolute Gasteiger partial charge is 0.404 e. The van der Waals surface area contributed by atoms with Crippen LogP contribution in [0, 0.1) is 5.92 Å². The Balaban J connectivity index is 3.22. The number of carbonyl (C=O) groups is 1. The number of nitrogens with one attached hydrogen (secondary N) is 2. The minimum Gasteiger partial charge on any atom is -0.465 e. The molecule has 0 radical (unpaired) electrons. The summed E-state index contributed by atoms with van der Waals surface area (Å²) >= 11 is 0. The molecule has 4 nitrogen and oxygen atoms in total. The Bertz CT molecular complexity index is 117. The van der Waals surface area contributed by atoms with Crippen LogP contribution < -0.4 is 10.6 Å². The SMILES string of the molecule is CNCCC(C)CNC(=O)O. The van der Waals surface area contributed by atoms with Gasteiger partial charge < -0.3 is 15.7 Å². The van der Waals surface area contributed by atoms with E-state index in [0.717, 1.165) is 13.0 Å². The fourth-order valence-corrected chi connectivity index (χ4v) is 0.754. The van der Waals surface area contributed by atoms with Crippen LogP contribution in [0.2, 0.25) is 0 Å². The van der Waals surface area contributed by atoms with Gasteiger partial charge >= 0.3 is 6.09 Å². The molecule has 0 aliphatic carbocycles. The topological polar surface area (TPSA) is 61.4 Å². The van der Waals surface area contributed by atoms with Crippen molar-refractivity contribution in [1.82, 2.24) is 10.6 Å². The molecule has 0 saturated heterocycles. The zero-order valence-electron chi connectivity index (χ0n) is 7.05. The van der Waals surface area contributed by atoms with E-state index in [-0.39, 0.29) is 0 Å². The van der Waals surface area contributed by atoms with Gasteiger partial charge in [0.15, 0.2) is 0 Å². The summed E-state index contributed by atoms with van der Waals surface area (Å²) in [5, 5.41) is 13.6. The molecule has 0 fully saturated rings. The molecule has 1 amide bonds. The first-order valence-electron chi connectivity index (χ1n) is 3.78. The second-order valence-electron chi connectivity index (χ2n) is 2.68. The third kappa shape index (κ3) is 7.12. The third-order valence-corrected chi connectivity index (χ3v) is 1.49. The van der Waals surface area contributed by atoms with E-state index in [4.69, 9.17) is 5.11 Å². The highest BCUT2D eigenvalue weighted by Crippen LogP contribution is 1.97. The fourth-order valence-electron chi connectivity index (χ4n) is 0.754. The molecule has 1 unspecified atom stereocenters. The number of rotatable bonds is 5. The molecule has 0 bridgehead atoms. The lowest BCUT2D eigenvalue weighted by Crippen LogP contribution is -2.27. The van der Waals surface area contributed by atoms with Gasteiger partial charge in [0.25, 0.3) is 0 Å². The normalized spacial score (nSPS) is 12.5. The standard InChI is InChI=1S/C7H16N2O2/c1-6(3-4-8-2)5-9-7(10)11/h6,8-9H,3-5H2,1-2H3,(H,10,11). The maximum atomic E-state index is 10.1. The third-order valence-electron chi connectivity index (χ3n) is 1.49. The van der Waals surface area contributed by atoms with Gasteiger partial charge in [-0.2, -0.15) is 0 Å². The molecule has 0 spiro atoms. The van der Waals surface area contributed by atoms with Gasteiger partial charge in [0.05, 0.1) is 0 Å². The maximum absolute atomic E-state index is 10.1. The lowest BCUT2D eigenvalue weighted by Gasteiger charge is -2.09. The molecule has 4 heteroatoms. The molecule has 66 valence electrons. The van der Waals surface area contributed by atoms with Crippen molar-refractivity contribution >= 4 is 6.09 Å². The molecule has 0 heterocycles. The largest absolute Gasteiger partial charge is 0.465 e. The highest BCUT2D eigenvalue weighted by atomic mass is 16.4. The summed E-state index contributed by atoms with van der Waals surface area (Å²) in [5.41, 5.74) is 0. The molecule has 0 saturated carbocycles. The van der Waals surface area contributed by atoms with Gasteiger partial charge in [-0.15, -0.1) is 0 Å². The molecule has 0 aromatic rings. The summed E-state index contributed by atoms with van der Waals surface area (Å²) in [6.07, 6.45) is 0.0536. The van der Waals surface area contributed by atoms with Crippen LogP contribution in [-0.2, 0) is 0 Å².